The van der Waals surface area contributed by atoms with Crippen LogP contribution in [0.15, 0.2) is 38.5 Å². The highest BCUT2D eigenvalue weighted by Gasteiger charge is 2.25. The van der Waals surface area contributed by atoms with Crippen molar-refractivity contribution in [3.63, 3.8) is 0 Å². The van der Waals surface area contributed by atoms with E-state index in [-0.39, 0.29) is 0 Å². The SMILES string of the molecule is CC1=NCCN2CCN=C12.CCC1=NCCN2CCC=C12.CCC1NCCN2CCC=C12. The van der Waals surface area contributed by atoms with Crippen LogP contribution in [0.4, 0.5) is 0 Å². The van der Waals surface area contributed by atoms with Gasteiger partial charge in [0.15, 0.2) is 0 Å². The molecule has 0 saturated carbocycles. The Morgan fingerprint density at radius 2 is 1.56 bits per heavy atom. The van der Waals surface area contributed by atoms with Crippen LogP contribution < -0.4 is 5.32 Å². The first-order chi connectivity index (χ1) is 15.7. The van der Waals surface area contributed by atoms with Gasteiger partial charge in [-0.2, -0.15) is 0 Å². The molecule has 0 radical (unpaired) electrons. The average Bonchev–Trinajstić information content (AvgIpc) is 3.59. The summed E-state index contributed by atoms with van der Waals surface area (Å²) in [6, 6.07) is 0.645. The molecule has 32 heavy (non-hydrogen) atoms. The van der Waals surface area contributed by atoms with E-state index in [1.54, 1.807) is 5.70 Å². The van der Waals surface area contributed by atoms with Gasteiger partial charge >= 0.3 is 0 Å². The highest BCUT2D eigenvalue weighted by Crippen LogP contribution is 2.22. The molecule has 176 valence electrons. The molecular weight excluding hydrogens is 398 g/mol. The van der Waals surface area contributed by atoms with Gasteiger partial charge < -0.3 is 20.0 Å². The van der Waals surface area contributed by atoms with Gasteiger partial charge in [-0.1, -0.05) is 26.0 Å². The number of amidine groups is 1. The van der Waals surface area contributed by atoms with Gasteiger partial charge in [0, 0.05) is 57.6 Å². The van der Waals surface area contributed by atoms with Gasteiger partial charge in [0.1, 0.15) is 5.84 Å². The summed E-state index contributed by atoms with van der Waals surface area (Å²) in [5, 5.41) is 3.53. The average molecular weight is 440 g/mol. The first-order valence-electron chi connectivity index (χ1n) is 12.7. The highest BCUT2D eigenvalue weighted by atomic mass is 15.3. The molecule has 7 heteroatoms. The zero-order valence-corrected chi connectivity index (χ0v) is 20.3. The molecule has 0 spiro atoms. The van der Waals surface area contributed by atoms with Crippen molar-refractivity contribution in [1.82, 2.24) is 20.0 Å². The van der Waals surface area contributed by atoms with E-state index in [9.17, 15) is 0 Å². The molecule has 0 aromatic rings. The van der Waals surface area contributed by atoms with Crippen LogP contribution in [-0.2, 0) is 0 Å². The molecule has 0 bridgehead atoms. The van der Waals surface area contributed by atoms with Crippen molar-refractivity contribution in [2.45, 2.75) is 52.5 Å². The molecule has 6 aliphatic heterocycles. The predicted octanol–water partition coefficient (Wildman–Crippen LogP) is 2.57. The highest BCUT2D eigenvalue weighted by molar-refractivity contribution is 6.41. The topological polar surface area (TPSA) is 58.8 Å². The number of hydrogen-bond donors (Lipinski definition) is 1. The van der Waals surface area contributed by atoms with E-state index >= 15 is 0 Å². The minimum Gasteiger partial charge on any atom is -0.372 e. The van der Waals surface area contributed by atoms with Crippen LogP contribution in [0.2, 0.25) is 0 Å². The van der Waals surface area contributed by atoms with Crippen LogP contribution in [0.1, 0.15) is 46.5 Å². The molecule has 0 amide bonds. The molecule has 1 unspecified atom stereocenters. The number of nitrogens with one attached hydrogen (secondary N) is 1. The number of nitrogens with zero attached hydrogens (tertiary/aromatic N) is 6. The number of rotatable bonds is 2. The van der Waals surface area contributed by atoms with Gasteiger partial charge in [-0.3, -0.25) is 15.0 Å². The predicted molar refractivity (Wildman–Crippen MR) is 135 cm³/mol. The second kappa shape index (κ2) is 11.1. The zero-order chi connectivity index (χ0) is 22.3. The third-order valence-electron chi connectivity index (χ3n) is 7.01. The lowest BCUT2D eigenvalue weighted by atomic mass is 10.1. The maximum absolute atomic E-state index is 4.50. The summed E-state index contributed by atoms with van der Waals surface area (Å²) in [6.07, 6.45) is 9.49. The van der Waals surface area contributed by atoms with Crippen LogP contribution in [0, 0.1) is 0 Å². The van der Waals surface area contributed by atoms with Crippen molar-refractivity contribution < 1.29 is 0 Å². The monoisotopic (exact) mass is 439 g/mol. The largest absolute Gasteiger partial charge is 0.372 e. The van der Waals surface area contributed by atoms with Crippen molar-refractivity contribution in [3.05, 3.63) is 23.5 Å². The molecule has 0 aliphatic carbocycles. The first kappa shape index (κ1) is 23.0. The standard InChI is InChI=1S/C9H16N2.C9H14N2.C7H11N3/c2*1-2-8-9-4-3-6-11(9)7-5-10-8;1-6-7-9-3-5-10(7)4-2-8-6/h4,8,10H,2-3,5-7H2,1H3;4H,2-3,5-7H2,1H3;2-5H2,1H3. The summed E-state index contributed by atoms with van der Waals surface area (Å²) in [6.45, 7) is 17.5. The Hall–Kier alpha value is -2.15. The summed E-state index contributed by atoms with van der Waals surface area (Å²) in [4.78, 5) is 20.4. The fourth-order valence-corrected chi connectivity index (χ4v) is 5.33. The zero-order valence-electron chi connectivity index (χ0n) is 20.3. The molecule has 0 aromatic heterocycles. The number of allylic oxidation sites excluding steroid dienone is 1. The van der Waals surface area contributed by atoms with Gasteiger partial charge in [-0.25, -0.2) is 0 Å². The Labute approximate surface area is 194 Å². The molecule has 1 fully saturated rings. The first-order valence-corrected chi connectivity index (χ1v) is 12.7. The Balaban J connectivity index is 0.000000115. The van der Waals surface area contributed by atoms with Crippen molar-refractivity contribution in [1.29, 1.82) is 0 Å². The van der Waals surface area contributed by atoms with E-state index in [1.165, 1.54) is 50.3 Å². The third kappa shape index (κ3) is 5.25. The van der Waals surface area contributed by atoms with Gasteiger partial charge in [0.2, 0.25) is 0 Å². The second-order valence-electron chi connectivity index (χ2n) is 9.03. The maximum Gasteiger partial charge on any atom is 0.145 e. The summed E-state index contributed by atoms with van der Waals surface area (Å²) >= 11 is 0. The Morgan fingerprint density at radius 1 is 0.844 bits per heavy atom. The smallest absolute Gasteiger partial charge is 0.145 e. The number of aliphatic imine (C=N–C) groups is 3. The molecule has 7 nitrogen and oxygen atoms in total. The lowest BCUT2D eigenvalue weighted by Crippen LogP contribution is -2.46. The van der Waals surface area contributed by atoms with Gasteiger partial charge in [0.25, 0.3) is 0 Å². The minimum atomic E-state index is 0.645. The van der Waals surface area contributed by atoms with Crippen LogP contribution in [0.25, 0.3) is 0 Å². The normalized spacial score (nSPS) is 25.7. The molecule has 6 rings (SSSR count). The Kier molecular flexibility index (Phi) is 8.00. The summed E-state index contributed by atoms with van der Waals surface area (Å²) in [5.41, 5.74) is 5.40. The van der Waals surface area contributed by atoms with Crippen LogP contribution in [0.5, 0.6) is 0 Å². The van der Waals surface area contributed by atoms with Crippen molar-refractivity contribution in [2.75, 3.05) is 65.4 Å². The Bertz CT molecular complexity index is 807. The molecular formula is C25H41N7. The van der Waals surface area contributed by atoms with Crippen molar-refractivity contribution >= 4 is 17.3 Å². The van der Waals surface area contributed by atoms with E-state index in [0.717, 1.165) is 63.8 Å². The van der Waals surface area contributed by atoms with Crippen molar-refractivity contribution in [3.8, 4) is 0 Å². The maximum atomic E-state index is 4.50. The van der Waals surface area contributed by atoms with E-state index in [2.05, 4.69) is 61.0 Å². The quantitative estimate of drug-likeness (QED) is 0.719. The fourth-order valence-electron chi connectivity index (χ4n) is 5.33. The van der Waals surface area contributed by atoms with Crippen LogP contribution >= 0.6 is 0 Å². The fraction of sp³-hybridized carbons (Fsp3) is 0.720. The van der Waals surface area contributed by atoms with E-state index < -0.39 is 0 Å². The lowest BCUT2D eigenvalue weighted by Gasteiger charge is -2.34. The van der Waals surface area contributed by atoms with Crippen LogP contribution in [0.3, 0.4) is 0 Å². The van der Waals surface area contributed by atoms with Crippen molar-refractivity contribution in [2.24, 2.45) is 15.0 Å². The van der Waals surface area contributed by atoms with Gasteiger partial charge in [0.05, 0.1) is 36.8 Å². The summed E-state index contributed by atoms with van der Waals surface area (Å²) in [5.74, 6) is 1.13. The molecule has 0 aromatic carbocycles. The summed E-state index contributed by atoms with van der Waals surface area (Å²) < 4.78 is 0. The minimum absolute atomic E-state index is 0.645. The molecule has 1 atom stereocenters. The Morgan fingerprint density at radius 3 is 2.34 bits per heavy atom. The lowest BCUT2D eigenvalue weighted by molar-refractivity contribution is 0.284. The summed E-state index contributed by atoms with van der Waals surface area (Å²) in [7, 11) is 0. The molecule has 1 N–H and O–H groups in total. The number of piperazine rings is 1. The number of fused-ring (bicyclic) bond motifs is 3. The van der Waals surface area contributed by atoms with Gasteiger partial charge in [-0.15, -0.1) is 0 Å². The molecule has 6 heterocycles. The van der Waals surface area contributed by atoms with E-state index in [4.69, 9.17) is 0 Å². The van der Waals surface area contributed by atoms with Crippen LogP contribution in [-0.4, -0.2) is 103 Å². The third-order valence-corrected chi connectivity index (χ3v) is 7.01. The van der Waals surface area contributed by atoms with E-state index in [0.29, 0.717) is 6.04 Å². The number of hydrogen-bond acceptors (Lipinski definition) is 7. The molecule has 1 saturated heterocycles. The van der Waals surface area contributed by atoms with E-state index in [1.807, 2.05) is 6.92 Å². The molecule has 6 aliphatic rings. The second-order valence-corrected chi connectivity index (χ2v) is 9.03. The van der Waals surface area contributed by atoms with Gasteiger partial charge in [-0.05, 0) is 32.6 Å².